The molecule has 1 aromatic carbocycles. The molecule has 0 radical (unpaired) electrons. The van der Waals surface area contributed by atoms with Crippen LogP contribution in [0.3, 0.4) is 0 Å². The summed E-state index contributed by atoms with van der Waals surface area (Å²) in [6.45, 7) is 6.58. The summed E-state index contributed by atoms with van der Waals surface area (Å²) in [7, 11) is 0. The third kappa shape index (κ3) is 4.54. The largest absolute Gasteiger partial charge is 0.490 e. The van der Waals surface area contributed by atoms with Crippen molar-refractivity contribution in [3.8, 4) is 11.5 Å². The van der Waals surface area contributed by atoms with Gasteiger partial charge in [-0.1, -0.05) is 18.5 Å². The topological polar surface area (TPSA) is 58.9 Å². The van der Waals surface area contributed by atoms with Crippen LogP contribution in [0.15, 0.2) is 12.1 Å². The Labute approximate surface area is 125 Å². The summed E-state index contributed by atoms with van der Waals surface area (Å²) >= 11 is 6.28. The van der Waals surface area contributed by atoms with Gasteiger partial charge in [-0.2, -0.15) is 0 Å². The summed E-state index contributed by atoms with van der Waals surface area (Å²) in [4.78, 5) is 0. The molecule has 1 rings (SSSR count). The van der Waals surface area contributed by atoms with Gasteiger partial charge in [0.2, 0.25) is 0 Å². The summed E-state index contributed by atoms with van der Waals surface area (Å²) in [6.07, 6.45) is -0.307. The van der Waals surface area contributed by atoms with Gasteiger partial charge in [-0.05, 0) is 37.8 Å². The zero-order chi connectivity index (χ0) is 15.1. The van der Waals surface area contributed by atoms with E-state index >= 15 is 0 Å². The molecule has 0 saturated heterocycles. The second kappa shape index (κ2) is 8.35. The summed E-state index contributed by atoms with van der Waals surface area (Å²) in [5.41, 5.74) is 0.881. The van der Waals surface area contributed by atoms with Crippen molar-refractivity contribution in [1.82, 2.24) is 0 Å². The zero-order valence-electron chi connectivity index (χ0n) is 12.2. The second-order valence-corrected chi connectivity index (χ2v) is 5.07. The van der Waals surface area contributed by atoms with E-state index < -0.39 is 6.10 Å². The smallest absolute Gasteiger partial charge is 0.162 e. The van der Waals surface area contributed by atoms with E-state index in [1.165, 1.54) is 0 Å². The quantitative estimate of drug-likeness (QED) is 0.775. The molecule has 20 heavy (non-hydrogen) atoms. The standard InChI is InChI=1S/C15H23ClO4/c1-4-19-14-7-12(10(3)6-11(18)9-17)13(16)8-15(14)20-5-2/h7-8,10-11,17-18H,4-6,9H2,1-3H3. The fourth-order valence-electron chi connectivity index (χ4n) is 2.07. The number of rotatable bonds is 8. The van der Waals surface area contributed by atoms with Crippen molar-refractivity contribution in [2.24, 2.45) is 0 Å². The van der Waals surface area contributed by atoms with Crippen molar-refractivity contribution in [3.05, 3.63) is 22.7 Å². The van der Waals surface area contributed by atoms with Crippen LogP contribution in [-0.2, 0) is 0 Å². The molecule has 0 spiro atoms. The van der Waals surface area contributed by atoms with Gasteiger partial charge >= 0.3 is 0 Å². The van der Waals surface area contributed by atoms with Crippen molar-refractivity contribution in [3.63, 3.8) is 0 Å². The number of hydrogen-bond acceptors (Lipinski definition) is 4. The minimum atomic E-state index is -0.747. The monoisotopic (exact) mass is 302 g/mol. The Bertz CT molecular complexity index is 423. The highest BCUT2D eigenvalue weighted by atomic mass is 35.5. The van der Waals surface area contributed by atoms with Gasteiger partial charge in [0.1, 0.15) is 0 Å². The van der Waals surface area contributed by atoms with E-state index in [0.29, 0.717) is 36.2 Å². The van der Waals surface area contributed by atoms with E-state index in [2.05, 4.69) is 0 Å². The molecule has 0 heterocycles. The number of hydrogen-bond donors (Lipinski definition) is 2. The molecule has 0 fully saturated rings. The maximum Gasteiger partial charge on any atom is 0.162 e. The molecule has 2 unspecified atom stereocenters. The SMILES string of the molecule is CCOc1cc(Cl)c(C(C)CC(O)CO)cc1OCC. The molecule has 1 aromatic rings. The number of benzene rings is 1. The van der Waals surface area contributed by atoms with Crippen molar-refractivity contribution in [2.75, 3.05) is 19.8 Å². The molecule has 2 N–H and O–H groups in total. The van der Waals surface area contributed by atoms with Gasteiger partial charge in [-0.15, -0.1) is 0 Å². The maximum absolute atomic E-state index is 9.54. The van der Waals surface area contributed by atoms with Gasteiger partial charge in [0.05, 0.1) is 25.9 Å². The van der Waals surface area contributed by atoms with Crippen LogP contribution in [0, 0.1) is 0 Å². The minimum absolute atomic E-state index is 0.0135. The third-order valence-corrected chi connectivity index (χ3v) is 3.36. The highest BCUT2D eigenvalue weighted by Crippen LogP contribution is 2.38. The van der Waals surface area contributed by atoms with Crippen molar-refractivity contribution in [2.45, 2.75) is 39.2 Å². The Hall–Kier alpha value is -0.970. The van der Waals surface area contributed by atoms with Gasteiger partial charge in [-0.3, -0.25) is 0 Å². The minimum Gasteiger partial charge on any atom is -0.490 e. The van der Waals surface area contributed by atoms with Crippen molar-refractivity contribution >= 4 is 11.6 Å². The molecule has 0 aliphatic carbocycles. The maximum atomic E-state index is 9.54. The first-order valence-corrected chi connectivity index (χ1v) is 7.29. The van der Waals surface area contributed by atoms with Crippen LogP contribution < -0.4 is 9.47 Å². The molecular formula is C15H23ClO4. The summed E-state index contributed by atoms with van der Waals surface area (Å²) in [5.74, 6) is 1.29. The van der Waals surface area contributed by atoms with Gasteiger partial charge in [0.15, 0.2) is 11.5 Å². The Morgan fingerprint density at radius 1 is 1.15 bits per heavy atom. The average molecular weight is 303 g/mol. The third-order valence-electron chi connectivity index (χ3n) is 3.03. The Morgan fingerprint density at radius 3 is 2.20 bits per heavy atom. The molecule has 0 aromatic heterocycles. The van der Waals surface area contributed by atoms with Gasteiger partial charge < -0.3 is 19.7 Å². The van der Waals surface area contributed by atoms with E-state index in [-0.39, 0.29) is 12.5 Å². The Balaban J connectivity index is 3.04. The van der Waals surface area contributed by atoms with Crippen molar-refractivity contribution in [1.29, 1.82) is 0 Å². The van der Waals surface area contributed by atoms with Gasteiger partial charge in [-0.25, -0.2) is 0 Å². The fourth-order valence-corrected chi connectivity index (χ4v) is 2.41. The highest BCUT2D eigenvalue weighted by Gasteiger charge is 2.18. The molecule has 0 saturated carbocycles. The molecule has 0 aliphatic heterocycles. The molecule has 4 nitrogen and oxygen atoms in total. The molecule has 0 bridgehead atoms. The predicted molar refractivity (Wildman–Crippen MR) is 79.9 cm³/mol. The lowest BCUT2D eigenvalue weighted by Crippen LogP contribution is -2.15. The fraction of sp³-hybridized carbons (Fsp3) is 0.600. The lowest BCUT2D eigenvalue weighted by molar-refractivity contribution is 0.0835. The molecule has 114 valence electrons. The number of halogens is 1. The van der Waals surface area contributed by atoms with E-state index in [9.17, 15) is 5.11 Å². The zero-order valence-corrected chi connectivity index (χ0v) is 13.0. The van der Waals surface area contributed by atoms with Gasteiger partial charge in [0, 0.05) is 11.1 Å². The predicted octanol–water partition coefficient (Wildman–Crippen LogP) is 2.98. The van der Waals surface area contributed by atoms with Crippen LogP contribution >= 0.6 is 11.6 Å². The van der Waals surface area contributed by atoms with Crippen LogP contribution in [0.4, 0.5) is 0 Å². The van der Waals surface area contributed by atoms with E-state index in [1.807, 2.05) is 26.8 Å². The van der Waals surface area contributed by atoms with E-state index in [4.69, 9.17) is 26.2 Å². The van der Waals surface area contributed by atoms with Crippen LogP contribution in [-0.4, -0.2) is 36.1 Å². The Morgan fingerprint density at radius 2 is 1.70 bits per heavy atom. The molecule has 0 aliphatic rings. The van der Waals surface area contributed by atoms with Crippen LogP contribution in [0.1, 0.15) is 38.7 Å². The van der Waals surface area contributed by atoms with Crippen LogP contribution in [0.25, 0.3) is 0 Å². The molecule has 5 heteroatoms. The number of ether oxygens (including phenoxy) is 2. The molecule has 2 atom stereocenters. The molecule has 0 amide bonds. The van der Waals surface area contributed by atoms with Crippen molar-refractivity contribution < 1.29 is 19.7 Å². The second-order valence-electron chi connectivity index (χ2n) is 4.66. The van der Waals surface area contributed by atoms with Crippen LogP contribution in [0.5, 0.6) is 11.5 Å². The lowest BCUT2D eigenvalue weighted by atomic mass is 9.94. The summed E-state index contributed by atoms with van der Waals surface area (Å²) < 4.78 is 11.1. The lowest BCUT2D eigenvalue weighted by Gasteiger charge is -2.19. The highest BCUT2D eigenvalue weighted by molar-refractivity contribution is 6.31. The first kappa shape index (κ1) is 17.1. The molecular weight excluding hydrogens is 280 g/mol. The summed E-state index contributed by atoms with van der Waals surface area (Å²) in [6, 6.07) is 3.60. The Kier molecular flexibility index (Phi) is 7.13. The van der Waals surface area contributed by atoms with E-state index in [0.717, 1.165) is 5.56 Å². The van der Waals surface area contributed by atoms with E-state index in [1.54, 1.807) is 6.07 Å². The first-order chi connectivity index (χ1) is 9.53. The number of aliphatic hydroxyl groups excluding tert-OH is 2. The normalized spacial score (nSPS) is 13.9. The van der Waals surface area contributed by atoms with Gasteiger partial charge in [0.25, 0.3) is 0 Å². The van der Waals surface area contributed by atoms with Crippen LogP contribution in [0.2, 0.25) is 5.02 Å². The number of aliphatic hydroxyl groups is 2. The first-order valence-electron chi connectivity index (χ1n) is 6.91. The average Bonchev–Trinajstić information content (AvgIpc) is 2.41. The summed E-state index contributed by atoms with van der Waals surface area (Å²) in [5, 5.41) is 19.0.